The maximum Gasteiger partial charge on any atom is 0.472 e. The number of H-pyrrole nitrogens is 1. The van der Waals surface area contributed by atoms with Gasteiger partial charge in [0.15, 0.2) is 23.5 Å². The van der Waals surface area contributed by atoms with Crippen LogP contribution >= 0.6 is 15.6 Å². The molecule has 0 amide bonds. The molecule has 7 rings (SSSR count). The van der Waals surface area contributed by atoms with E-state index < -0.39 is 77.4 Å². The molecule has 3 aliphatic rings. The summed E-state index contributed by atoms with van der Waals surface area (Å²) in [6, 6.07) is 9.33. The van der Waals surface area contributed by atoms with Gasteiger partial charge in [-0.1, -0.05) is 18.2 Å². The Labute approximate surface area is 245 Å². The molecule has 3 fully saturated rings. The molecule has 0 radical (unpaired) electrons. The topological polar surface area (TPSA) is 234 Å². The van der Waals surface area contributed by atoms with Crippen LogP contribution in [-0.4, -0.2) is 77.6 Å². The number of phosphoric ester groups is 2. The lowest BCUT2D eigenvalue weighted by atomic mass is 10.1. The van der Waals surface area contributed by atoms with Crippen LogP contribution < -0.4 is 11.3 Å². The Kier molecular flexibility index (Phi) is 7.46. The van der Waals surface area contributed by atoms with E-state index in [0.29, 0.717) is 0 Å². The maximum absolute atomic E-state index is 14.0. The summed E-state index contributed by atoms with van der Waals surface area (Å²) in [5, 5.41) is 0.919. The lowest BCUT2D eigenvalue weighted by Gasteiger charge is -2.25. The first-order chi connectivity index (χ1) is 21.0. The Morgan fingerprint density at radius 3 is 2.57 bits per heavy atom. The first-order valence-corrected chi connectivity index (χ1v) is 16.2. The number of aromatic nitrogens is 5. The van der Waals surface area contributed by atoms with Crippen molar-refractivity contribution in [3.8, 4) is 0 Å². The van der Waals surface area contributed by atoms with Crippen molar-refractivity contribution in [2.45, 2.75) is 49.4 Å². The number of halogens is 1. The zero-order chi connectivity index (χ0) is 30.8. The van der Waals surface area contributed by atoms with E-state index in [1.807, 2.05) is 30.3 Å². The van der Waals surface area contributed by atoms with E-state index in [0.717, 1.165) is 21.8 Å². The lowest BCUT2D eigenvalue weighted by Crippen LogP contribution is -2.36. The Hall–Kier alpha value is -3.06. The predicted octanol–water partition coefficient (Wildman–Crippen LogP) is 1.83. The molecule has 3 saturated heterocycles. The number of nitrogens with zero attached hydrogens (tertiary/aromatic N) is 4. The fourth-order valence-corrected chi connectivity index (χ4v) is 7.51. The van der Waals surface area contributed by atoms with E-state index in [1.54, 1.807) is 10.8 Å². The van der Waals surface area contributed by atoms with Crippen LogP contribution in [0.1, 0.15) is 18.9 Å². The van der Waals surface area contributed by atoms with E-state index in [1.165, 1.54) is 0 Å². The minimum absolute atomic E-state index is 0.0427. The number of para-hydroxylation sites is 1. The second-order valence-electron chi connectivity index (χ2n) is 10.3. The van der Waals surface area contributed by atoms with Crippen LogP contribution in [0.5, 0.6) is 0 Å². The average molecular weight is 658 g/mol. The summed E-state index contributed by atoms with van der Waals surface area (Å²) in [7, 11) is -9.93. The van der Waals surface area contributed by atoms with Gasteiger partial charge in [0.05, 0.1) is 25.1 Å². The molecule has 6 heterocycles. The van der Waals surface area contributed by atoms with Crippen molar-refractivity contribution in [1.29, 1.82) is 0 Å². The summed E-state index contributed by atoms with van der Waals surface area (Å²) in [6.45, 7) is -1.43. The van der Waals surface area contributed by atoms with E-state index >= 15 is 0 Å². The van der Waals surface area contributed by atoms with Gasteiger partial charge in [-0.05, 0) is 22.0 Å². The number of hydrogen-bond donors (Lipinski definition) is 4. The van der Waals surface area contributed by atoms with Gasteiger partial charge in [-0.25, -0.2) is 14.1 Å². The van der Waals surface area contributed by atoms with Gasteiger partial charge < -0.3 is 29.6 Å². The first-order valence-electron chi connectivity index (χ1n) is 13.2. The summed E-state index contributed by atoms with van der Waals surface area (Å²) < 4.78 is 76.2. The number of imidazole rings is 1. The van der Waals surface area contributed by atoms with Crippen LogP contribution in [0.2, 0.25) is 0 Å². The summed E-state index contributed by atoms with van der Waals surface area (Å²) in [5.41, 5.74) is 5.46. The summed E-state index contributed by atoms with van der Waals surface area (Å²) in [6.07, 6.45) is -6.68. The van der Waals surface area contributed by atoms with E-state index in [2.05, 4.69) is 19.9 Å². The smallest absolute Gasteiger partial charge is 0.369 e. The fourth-order valence-electron chi connectivity index (χ4n) is 5.62. The minimum Gasteiger partial charge on any atom is -0.369 e. The maximum atomic E-state index is 14.0. The van der Waals surface area contributed by atoms with Gasteiger partial charge in [0.2, 0.25) is 5.95 Å². The number of aromatic amines is 1. The van der Waals surface area contributed by atoms with Gasteiger partial charge in [-0.15, -0.1) is 0 Å². The number of ether oxygens (including phenoxy) is 2. The van der Waals surface area contributed by atoms with Gasteiger partial charge in [0.1, 0.15) is 30.6 Å². The van der Waals surface area contributed by atoms with E-state index in [4.69, 9.17) is 33.3 Å². The van der Waals surface area contributed by atoms with Crippen LogP contribution in [-0.2, 0) is 41.6 Å². The van der Waals surface area contributed by atoms with Crippen LogP contribution in [0.3, 0.4) is 0 Å². The average Bonchev–Trinajstić information content (AvgIpc) is 3.74. The molecule has 0 spiro atoms. The molecule has 9 atom stereocenters. The lowest BCUT2D eigenvalue weighted by molar-refractivity contribution is -0.212. The highest BCUT2D eigenvalue weighted by molar-refractivity contribution is 7.47. The monoisotopic (exact) mass is 658 g/mol. The fraction of sp³-hybridized carbons (Fsp3) is 0.435. The molecule has 5 N–H and O–H groups in total. The number of nitrogen functional groups attached to an aromatic ring is 1. The van der Waals surface area contributed by atoms with Crippen LogP contribution in [0.15, 0.2) is 47.7 Å². The molecule has 7 unspecified atom stereocenters. The summed E-state index contributed by atoms with van der Waals surface area (Å²) in [4.78, 5) is 47.9. The highest BCUT2D eigenvalue weighted by Gasteiger charge is 2.53. The molecular weight excluding hydrogens is 633 g/mol. The Balaban J connectivity index is 1.20. The van der Waals surface area contributed by atoms with Crippen LogP contribution in [0.25, 0.3) is 22.1 Å². The molecule has 4 aromatic rings. The highest BCUT2D eigenvalue weighted by Crippen LogP contribution is 2.54. The normalized spacial score (nSPS) is 36.6. The Bertz CT molecular complexity index is 1870. The zero-order valence-corrected chi connectivity index (χ0v) is 24.1. The van der Waals surface area contributed by atoms with E-state index in [-0.39, 0.29) is 23.5 Å². The van der Waals surface area contributed by atoms with Crippen molar-refractivity contribution < 1.29 is 56.0 Å². The van der Waals surface area contributed by atoms with Crippen LogP contribution in [0.4, 0.5) is 10.5 Å². The van der Waals surface area contributed by atoms with Crippen LogP contribution in [0, 0.1) is 0 Å². The molecule has 3 aromatic heterocycles. The molecule has 44 heavy (non-hydrogen) atoms. The summed E-state index contributed by atoms with van der Waals surface area (Å²) in [5.74, 6) is -0.285. The number of nitrogens with one attached hydrogen (secondary N) is 1. The van der Waals surface area contributed by atoms with Crippen molar-refractivity contribution in [3.63, 3.8) is 0 Å². The second kappa shape index (κ2) is 11.1. The molecule has 18 nitrogen and oxygen atoms in total. The van der Waals surface area contributed by atoms with Crippen molar-refractivity contribution >= 4 is 43.7 Å². The molecule has 1 aromatic carbocycles. The largest absolute Gasteiger partial charge is 0.472 e. The minimum atomic E-state index is -5.06. The van der Waals surface area contributed by atoms with Gasteiger partial charge in [-0.2, -0.15) is 9.93 Å². The van der Waals surface area contributed by atoms with Crippen molar-refractivity contribution in [2.75, 3.05) is 18.9 Å². The van der Waals surface area contributed by atoms with Gasteiger partial charge >= 0.3 is 15.6 Å². The molecule has 0 aliphatic carbocycles. The van der Waals surface area contributed by atoms with Crippen molar-refractivity contribution in [1.82, 2.24) is 24.1 Å². The third kappa shape index (κ3) is 5.39. The standard InChI is InChI=1S/C23H25FN6O12P2/c24-40-18-15-9-37-43(32,33)41-13-7-16(29-6-5-11-3-1-2-4-12(11)29)38-14(13)8-36-44(34,35)42-19(18)22(39-15)30-10-26-17-20(30)27-23(25)28-21(17)31/h1-6,10,13-16,18-19,22H,7-9H2,(H,32,33)(H,34,35)(H3,25,27,28,31)/t13-,14?,15?,16-,18?,19?,22?/m1/s1. The third-order valence-electron chi connectivity index (χ3n) is 7.56. The van der Waals surface area contributed by atoms with Gasteiger partial charge in [0, 0.05) is 12.6 Å². The number of rotatable bonds is 3. The summed E-state index contributed by atoms with van der Waals surface area (Å²) >= 11 is 0. The Morgan fingerprint density at radius 1 is 1.02 bits per heavy atom. The molecule has 236 valence electrons. The number of benzene rings is 1. The third-order valence-corrected chi connectivity index (χ3v) is 9.56. The second-order valence-corrected chi connectivity index (χ2v) is 13.1. The quantitative estimate of drug-likeness (QED) is 0.230. The zero-order valence-electron chi connectivity index (χ0n) is 22.3. The SMILES string of the molecule is Nc1nc2c(ncn2C2OC3COP(=O)(O)O[C@@H]4C[C@H](n5ccc6ccccc65)OC4COP(=O)(O)OC2C3OF)c(=O)[nH]1. The van der Waals surface area contributed by atoms with Gasteiger partial charge in [-0.3, -0.25) is 32.4 Å². The number of fused-ring (bicyclic) bond motifs is 5. The number of nitrogens with two attached hydrogens (primary N) is 1. The highest BCUT2D eigenvalue weighted by atomic mass is 31.2. The van der Waals surface area contributed by atoms with Crippen molar-refractivity contribution in [3.05, 3.63) is 53.2 Å². The molecule has 0 saturated carbocycles. The van der Waals surface area contributed by atoms with E-state index in [9.17, 15) is 28.2 Å². The first kappa shape index (κ1) is 29.6. The number of hydrogen-bond acceptors (Lipinski definition) is 13. The number of phosphoric acid groups is 2. The molecule has 21 heteroatoms. The predicted molar refractivity (Wildman–Crippen MR) is 144 cm³/mol. The Morgan fingerprint density at radius 2 is 1.77 bits per heavy atom. The van der Waals surface area contributed by atoms with Crippen molar-refractivity contribution in [2.24, 2.45) is 0 Å². The molecule has 3 aliphatic heterocycles. The molecule has 2 bridgehead atoms. The molecular formula is C23H25FN6O12P2. The van der Waals surface area contributed by atoms with Gasteiger partial charge in [0.25, 0.3) is 5.56 Å². The number of anilines is 1.